The zero-order chi connectivity index (χ0) is 17.0. The van der Waals surface area contributed by atoms with Crippen molar-refractivity contribution in [3.63, 3.8) is 0 Å². The van der Waals surface area contributed by atoms with Crippen molar-refractivity contribution in [1.82, 2.24) is 4.98 Å². The van der Waals surface area contributed by atoms with Gasteiger partial charge in [-0.3, -0.25) is 9.59 Å². The SMILES string of the molecule is COC(=O)/C=c1\s/c(=C/C(=O)Nc2c(Cl)cccc2Cl)[nH]c1=O. The van der Waals surface area contributed by atoms with Crippen molar-refractivity contribution in [3.05, 3.63) is 47.8 Å². The van der Waals surface area contributed by atoms with Gasteiger partial charge in [0.15, 0.2) is 0 Å². The van der Waals surface area contributed by atoms with E-state index in [1.54, 1.807) is 18.2 Å². The van der Waals surface area contributed by atoms with E-state index < -0.39 is 17.4 Å². The molecule has 0 saturated heterocycles. The van der Waals surface area contributed by atoms with Crippen molar-refractivity contribution in [2.24, 2.45) is 0 Å². The van der Waals surface area contributed by atoms with Gasteiger partial charge in [0.1, 0.15) is 9.20 Å². The Hall–Kier alpha value is -2.09. The van der Waals surface area contributed by atoms with E-state index in [1.165, 1.54) is 13.2 Å². The Kier molecular flexibility index (Phi) is 5.59. The molecule has 0 aliphatic carbocycles. The normalized spacial score (nSPS) is 12.3. The lowest BCUT2D eigenvalue weighted by Gasteiger charge is -2.06. The number of esters is 1. The number of carbonyl (C=O) groups is 2. The lowest BCUT2D eigenvalue weighted by Crippen LogP contribution is -2.21. The van der Waals surface area contributed by atoms with Crippen molar-refractivity contribution in [1.29, 1.82) is 0 Å². The van der Waals surface area contributed by atoms with Crippen molar-refractivity contribution >= 4 is 64.3 Å². The Labute approximate surface area is 144 Å². The van der Waals surface area contributed by atoms with Crippen LogP contribution in [0.1, 0.15) is 0 Å². The van der Waals surface area contributed by atoms with Gasteiger partial charge in [-0.15, -0.1) is 11.3 Å². The number of thiazole rings is 1. The van der Waals surface area contributed by atoms with E-state index in [-0.39, 0.29) is 14.9 Å². The summed E-state index contributed by atoms with van der Waals surface area (Å²) in [5, 5.41) is 3.11. The van der Waals surface area contributed by atoms with Gasteiger partial charge >= 0.3 is 5.97 Å². The first-order valence-electron chi connectivity index (χ1n) is 6.16. The quantitative estimate of drug-likeness (QED) is 0.790. The third kappa shape index (κ3) is 4.44. The molecule has 1 aromatic carbocycles. The molecule has 6 nitrogen and oxygen atoms in total. The van der Waals surface area contributed by atoms with Crippen LogP contribution in [0.4, 0.5) is 5.69 Å². The van der Waals surface area contributed by atoms with Gasteiger partial charge in [0, 0.05) is 12.2 Å². The van der Waals surface area contributed by atoms with Gasteiger partial charge in [-0.1, -0.05) is 29.3 Å². The minimum absolute atomic E-state index is 0.131. The molecule has 0 aliphatic heterocycles. The summed E-state index contributed by atoms with van der Waals surface area (Å²) >= 11 is 12.9. The van der Waals surface area contributed by atoms with E-state index in [0.717, 1.165) is 17.4 Å². The van der Waals surface area contributed by atoms with Crippen molar-refractivity contribution < 1.29 is 14.3 Å². The molecule has 2 aromatic rings. The molecule has 0 aliphatic rings. The zero-order valence-electron chi connectivity index (χ0n) is 11.7. The van der Waals surface area contributed by atoms with Crippen molar-refractivity contribution in [2.75, 3.05) is 12.4 Å². The largest absolute Gasteiger partial charge is 0.466 e. The first-order chi connectivity index (χ1) is 10.9. The van der Waals surface area contributed by atoms with E-state index in [4.69, 9.17) is 23.2 Å². The molecule has 2 rings (SSSR count). The Morgan fingerprint density at radius 3 is 2.52 bits per heavy atom. The molecule has 1 amide bonds. The predicted octanol–water partition coefficient (Wildman–Crippen LogP) is 1.12. The summed E-state index contributed by atoms with van der Waals surface area (Å²) in [6, 6.07) is 4.81. The number of carbonyl (C=O) groups excluding carboxylic acids is 2. The van der Waals surface area contributed by atoms with Crippen LogP contribution in [0.3, 0.4) is 0 Å². The average Bonchev–Trinajstić information content (AvgIpc) is 2.82. The Balaban J connectivity index is 2.31. The first kappa shape index (κ1) is 17.3. The summed E-state index contributed by atoms with van der Waals surface area (Å²) in [6.07, 6.45) is 2.21. The Morgan fingerprint density at radius 1 is 1.26 bits per heavy atom. The van der Waals surface area contributed by atoms with Crippen LogP contribution in [0, 0.1) is 0 Å². The number of amides is 1. The summed E-state index contributed by atoms with van der Waals surface area (Å²) in [7, 11) is 1.20. The number of hydrogen-bond donors (Lipinski definition) is 2. The minimum Gasteiger partial charge on any atom is -0.466 e. The number of hydrogen-bond acceptors (Lipinski definition) is 5. The maximum atomic E-state index is 12.0. The number of anilines is 1. The molecular formula is C14H10Cl2N2O4S. The highest BCUT2D eigenvalue weighted by atomic mass is 35.5. The fraction of sp³-hybridized carbons (Fsp3) is 0.0714. The molecule has 0 unspecified atom stereocenters. The van der Waals surface area contributed by atoms with Gasteiger partial charge in [0.2, 0.25) is 0 Å². The number of H-pyrrole nitrogens is 1. The predicted molar refractivity (Wildman–Crippen MR) is 90.2 cm³/mol. The molecule has 1 aromatic heterocycles. The van der Waals surface area contributed by atoms with Crippen molar-refractivity contribution in [3.8, 4) is 0 Å². The van der Waals surface area contributed by atoms with Gasteiger partial charge in [-0.05, 0) is 12.1 Å². The molecule has 120 valence electrons. The standard InChI is InChI=1S/C14H10Cl2N2O4S/c1-22-12(20)5-9-14(21)18-11(23-9)6-10(19)17-13-7(15)3-2-4-8(13)16/h2-6H,1H3,(H,17,19)(H,18,21)/b9-5-,11-6+. The van der Waals surface area contributed by atoms with E-state index >= 15 is 0 Å². The van der Waals surface area contributed by atoms with Crippen LogP contribution in [-0.4, -0.2) is 24.0 Å². The first-order valence-corrected chi connectivity index (χ1v) is 7.73. The van der Waals surface area contributed by atoms with Gasteiger partial charge in [-0.25, -0.2) is 4.79 Å². The Bertz CT molecular complexity index is 913. The smallest absolute Gasteiger partial charge is 0.332 e. The number of aromatic nitrogens is 1. The number of nitrogens with one attached hydrogen (secondary N) is 2. The van der Waals surface area contributed by atoms with Crippen LogP contribution in [0.25, 0.3) is 12.2 Å². The number of methoxy groups -OCH3 is 1. The summed E-state index contributed by atoms with van der Waals surface area (Å²) in [6.45, 7) is 0. The highest BCUT2D eigenvalue weighted by Crippen LogP contribution is 2.29. The second-order valence-corrected chi connectivity index (χ2v) is 6.08. The lowest BCUT2D eigenvalue weighted by atomic mass is 10.3. The molecule has 9 heteroatoms. The number of ether oxygens (including phenoxy) is 1. The number of para-hydroxylation sites is 1. The van der Waals surface area contributed by atoms with E-state index in [9.17, 15) is 14.4 Å². The van der Waals surface area contributed by atoms with E-state index in [0.29, 0.717) is 10.0 Å². The highest BCUT2D eigenvalue weighted by Gasteiger charge is 2.08. The minimum atomic E-state index is -0.656. The zero-order valence-corrected chi connectivity index (χ0v) is 14.0. The molecular weight excluding hydrogens is 363 g/mol. The molecule has 23 heavy (non-hydrogen) atoms. The van der Waals surface area contributed by atoms with Gasteiger partial charge < -0.3 is 15.0 Å². The number of benzene rings is 1. The average molecular weight is 373 g/mol. The molecule has 0 spiro atoms. The van der Waals surface area contributed by atoms with Gasteiger partial charge in [0.25, 0.3) is 11.5 Å². The van der Waals surface area contributed by atoms with Crippen LogP contribution in [0.2, 0.25) is 10.0 Å². The summed E-state index contributed by atoms with van der Waals surface area (Å²) in [5.41, 5.74) is -0.215. The van der Waals surface area contributed by atoms with E-state index in [2.05, 4.69) is 15.0 Å². The molecule has 1 heterocycles. The number of aromatic amines is 1. The van der Waals surface area contributed by atoms with Crippen LogP contribution >= 0.6 is 34.5 Å². The lowest BCUT2D eigenvalue weighted by molar-refractivity contribution is -0.133. The third-order valence-corrected chi connectivity index (χ3v) is 4.20. The molecule has 0 atom stereocenters. The summed E-state index contributed by atoms with van der Waals surface area (Å²) in [5.74, 6) is -1.18. The highest BCUT2D eigenvalue weighted by molar-refractivity contribution is 7.07. The maximum Gasteiger partial charge on any atom is 0.332 e. The van der Waals surface area contributed by atoms with Crippen LogP contribution in [0.5, 0.6) is 0 Å². The second-order valence-electron chi connectivity index (χ2n) is 4.18. The van der Waals surface area contributed by atoms with E-state index in [1.807, 2.05) is 0 Å². The molecule has 0 fully saturated rings. The number of rotatable bonds is 3. The fourth-order valence-electron chi connectivity index (χ4n) is 1.59. The second kappa shape index (κ2) is 7.45. The molecule has 0 radical (unpaired) electrons. The van der Waals surface area contributed by atoms with Crippen LogP contribution in [-0.2, 0) is 14.3 Å². The third-order valence-electron chi connectivity index (χ3n) is 2.60. The summed E-state index contributed by atoms with van der Waals surface area (Å²) < 4.78 is 4.85. The molecule has 0 saturated carbocycles. The molecule has 2 N–H and O–H groups in total. The molecule has 0 bridgehead atoms. The van der Waals surface area contributed by atoms with Crippen LogP contribution in [0.15, 0.2) is 23.0 Å². The monoisotopic (exact) mass is 372 g/mol. The Morgan fingerprint density at radius 2 is 1.91 bits per heavy atom. The van der Waals surface area contributed by atoms with Crippen LogP contribution < -0.4 is 20.1 Å². The van der Waals surface area contributed by atoms with Crippen molar-refractivity contribution in [2.45, 2.75) is 0 Å². The fourth-order valence-corrected chi connectivity index (χ4v) is 2.92. The van der Waals surface area contributed by atoms with Gasteiger partial charge in [0.05, 0.1) is 22.8 Å². The number of halogens is 2. The van der Waals surface area contributed by atoms with Gasteiger partial charge in [-0.2, -0.15) is 0 Å². The topological polar surface area (TPSA) is 88.3 Å². The maximum absolute atomic E-state index is 12.0. The summed E-state index contributed by atoms with van der Waals surface area (Å²) in [4.78, 5) is 37.2.